The van der Waals surface area contributed by atoms with Gasteiger partial charge in [-0.1, -0.05) is 24.3 Å². The van der Waals surface area contributed by atoms with Gasteiger partial charge in [-0.15, -0.1) is 0 Å². The molecule has 3 rings (SSSR count). The van der Waals surface area contributed by atoms with Crippen molar-refractivity contribution in [3.63, 3.8) is 0 Å². The van der Waals surface area contributed by atoms with Crippen LogP contribution in [0, 0.1) is 17.0 Å². The number of rotatable bonds is 5. The lowest BCUT2D eigenvalue weighted by Crippen LogP contribution is -2.23. The second-order valence-corrected chi connectivity index (χ2v) is 5.59. The Morgan fingerprint density at radius 2 is 1.96 bits per heavy atom. The van der Waals surface area contributed by atoms with Gasteiger partial charge in [0.25, 0.3) is 5.91 Å². The van der Waals surface area contributed by atoms with Gasteiger partial charge in [-0.2, -0.15) is 5.10 Å². The van der Waals surface area contributed by atoms with Crippen molar-refractivity contribution >= 4 is 23.0 Å². The number of halogens is 2. The van der Waals surface area contributed by atoms with Crippen molar-refractivity contribution in [3.8, 4) is 0 Å². The Morgan fingerprint density at radius 1 is 1.19 bits per heavy atom. The molecule has 0 fully saturated rings. The predicted molar refractivity (Wildman–Crippen MR) is 94.0 cm³/mol. The van der Waals surface area contributed by atoms with Crippen LogP contribution in [0.1, 0.15) is 11.1 Å². The highest BCUT2D eigenvalue weighted by atomic mass is 19.2. The lowest BCUT2D eigenvalue weighted by atomic mass is 10.1. The van der Waals surface area contributed by atoms with Crippen molar-refractivity contribution in [2.24, 2.45) is 0 Å². The molecule has 132 valence electrons. The molecule has 1 amide bonds. The SMILES string of the molecule is N=C(C(=O)Nc1cnn(Cc2ccc(F)c(F)c2)c1)c1ccccc1N. The minimum atomic E-state index is -0.933. The summed E-state index contributed by atoms with van der Waals surface area (Å²) in [4.78, 5) is 12.2. The van der Waals surface area contributed by atoms with Gasteiger partial charge in [0.2, 0.25) is 0 Å². The minimum Gasteiger partial charge on any atom is -0.398 e. The summed E-state index contributed by atoms with van der Waals surface area (Å²) in [6.07, 6.45) is 2.93. The van der Waals surface area contributed by atoms with Crippen LogP contribution in [-0.4, -0.2) is 21.4 Å². The Kier molecular flexibility index (Phi) is 4.74. The number of anilines is 2. The number of hydrogen-bond donors (Lipinski definition) is 3. The van der Waals surface area contributed by atoms with Crippen LogP contribution in [0.2, 0.25) is 0 Å². The first-order valence-corrected chi connectivity index (χ1v) is 7.65. The lowest BCUT2D eigenvalue weighted by molar-refractivity contribution is -0.110. The molecule has 0 radical (unpaired) electrons. The van der Waals surface area contributed by atoms with Crippen molar-refractivity contribution in [1.82, 2.24) is 9.78 Å². The van der Waals surface area contributed by atoms with E-state index in [9.17, 15) is 13.6 Å². The van der Waals surface area contributed by atoms with Gasteiger partial charge in [0, 0.05) is 17.4 Å². The Balaban J connectivity index is 1.68. The first-order valence-electron chi connectivity index (χ1n) is 7.65. The van der Waals surface area contributed by atoms with E-state index in [-0.39, 0.29) is 12.3 Å². The molecule has 0 aliphatic heterocycles. The molecule has 3 aromatic rings. The zero-order valence-electron chi connectivity index (χ0n) is 13.5. The van der Waals surface area contributed by atoms with Gasteiger partial charge < -0.3 is 11.1 Å². The van der Waals surface area contributed by atoms with Crippen molar-refractivity contribution in [2.45, 2.75) is 6.54 Å². The molecule has 4 N–H and O–H groups in total. The van der Waals surface area contributed by atoms with Gasteiger partial charge in [-0.05, 0) is 23.8 Å². The predicted octanol–water partition coefficient (Wildman–Crippen LogP) is 2.80. The molecule has 6 nitrogen and oxygen atoms in total. The van der Waals surface area contributed by atoms with Gasteiger partial charge in [-0.3, -0.25) is 14.9 Å². The number of aromatic nitrogens is 2. The number of amides is 1. The van der Waals surface area contributed by atoms with Crippen LogP contribution in [0.5, 0.6) is 0 Å². The van der Waals surface area contributed by atoms with Crippen LogP contribution < -0.4 is 11.1 Å². The van der Waals surface area contributed by atoms with Crippen molar-refractivity contribution in [1.29, 1.82) is 5.41 Å². The molecule has 0 atom stereocenters. The van der Waals surface area contributed by atoms with E-state index in [1.807, 2.05) is 0 Å². The van der Waals surface area contributed by atoms with Gasteiger partial charge >= 0.3 is 0 Å². The van der Waals surface area contributed by atoms with Crippen molar-refractivity contribution in [2.75, 3.05) is 11.1 Å². The van der Waals surface area contributed by atoms with Gasteiger partial charge in [0.05, 0.1) is 18.4 Å². The number of benzene rings is 2. The molecule has 0 aliphatic rings. The molecule has 26 heavy (non-hydrogen) atoms. The summed E-state index contributed by atoms with van der Waals surface area (Å²) < 4.78 is 27.7. The van der Waals surface area contributed by atoms with Crippen LogP contribution in [0.4, 0.5) is 20.2 Å². The third kappa shape index (κ3) is 3.75. The quantitative estimate of drug-likeness (QED) is 0.485. The third-order valence-electron chi connectivity index (χ3n) is 3.68. The molecular weight excluding hydrogens is 340 g/mol. The minimum absolute atomic E-state index is 0.205. The summed E-state index contributed by atoms with van der Waals surface area (Å²) in [5.41, 5.74) is 7.07. The highest BCUT2D eigenvalue weighted by molar-refractivity contribution is 6.48. The monoisotopic (exact) mass is 355 g/mol. The molecular formula is C18H15F2N5O. The molecule has 0 unspecified atom stereocenters. The Hall–Kier alpha value is -3.55. The van der Waals surface area contributed by atoms with Gasteiger partial charge in [0.15, 0.2) is 11.6 Å². The fourth-order valence-electron chi connectivity index (χ4n) is 2.38. The van der Waals surface area contributed by atoms with E-state index in [1.54, 1.807) is 24.3 Å². The smallest absolute Gasteiger partial charge is 0.274 e. The molecule has 0 saturated heterocycles. The highest BCUT2D eigenvalue weighted by Gasteiger charge is 2.15. The van der Waals surface area contributed by atoms with E-state index in [0.29, 0.717) is 22.5 Å². The van der Waals surface area contributed by atoms with Crippen molar-refractivity contribution in [3.05, 3.63) is 77.6 Å². The van der Waals surface area contributed by atoms with E-state index in [1.165, 1.54) is 23.1 Å². The Morgan fingerprint density at radius 3 is 2.69 bits per heavy atom. The number of nitrogens with one attached hydrogen (secondary N) is 2. The number of nitrogens with zero attached hydrogens (tertiary/aromatic N) is 2. The zero-order chi connectivity index (χ0) is 18.7. The fraction of sp³-hybridized carbons (Fsp3) is 0.0556. The first-order chi connectivity index (χ1) is 12.4. The summed E-state index contributed by atoms with van der Waals surface area (Å²) in [6.45, 7) is 0.205. The number of nitrogen functional groups attached to an aromatic ring is 1. The number of nitrogens with two attached hydrogens (primary N) is 1. The molecule has 0 saturated carbocycles. The second kappa shape index (κ2) is 7.14. The van der Waals surface area contributed by atoms with Crippen LogP contribution in [0.15, 0.2) is 54.9 Å². The summed E-state index contributed by atoms with van der Waals surface area (Å²) in [7, 11) is 0. The molecule has 2 aromatic carbocycles. The fourth-order valence-corrected chi connectivity index (χ4v) is 2.38. The standard InChI is InChI=1S/C18H15F2N5O/c19-14-6-5-11(7-15(14)20)9-25-10-12(8-23-25)24-18(26)17(22)13-3-1-2-4-16(13)21/h1-8,10,22H,9,21H2,(H,24,26). The summed E-state index contributed by atoms with van der Waals surface area (Å²) in [5.74, 6) is -2.48. The molecule has 0 bridgehead atoms. The maximum Gasteiger partial charge on any atom is 0.274 e. The number of para-hydroxylation sites is 1. The van der Waals surface area contributed by atoms with Crippen LogP contribution in [-0.2, 0) is 11.3 Å². The van der Waals surface area contributed by atoms with E-state index in [4.69, 9.17) is 11.1 Å². The van der Waals surface area contributed by atoms with Crippen LogP contribution >= 0.6 is 0 Å². The van der Waals surface area contributed by atoms with E-state index < -0.39 is 17.5 Å². The number of carbonyl (C=O) groups excluding carboxylic acids is 1. The lowest BCUT2D eigenvalue weighted by Gasteiger charge is -2.07. The largest absolute Gasteiger partial charge is 0.398 e. The summed E-state index contributed by atoms with van der Waals surface area (Å²) >= 11 is 0. The van der Waals surface area contributed by atoms with Crippen molar-refractivity contribution < 1.29 is 13.6 Å². The normalized spacial score (nSPS) is 10.5. The topological polar surface area (TPSA) is 96.8 Å². The number of hydrogen-bond acceptors (Lipinski definition) is 4. The Bertz CT molecular complexity index is 983. The van der Waals surface area contributed by atoms with Crippen LogP contribution in [0.3, 0.4) is 0 Å². The summed E-state index contributed by atoms with van der Waals surface area (Å²) in [6, 6.07) is 10.2. The number of carbonyl (C=O) groups is 1. The van der Waals surface area contributed by atoms with Crippen LogP contribution in [0.25, 0.3) is 0 Å². The average molecular weight is 355 g/mol. The molecule has 1 aromatic heterocycles. The highest BCUT2D eigenvalue weighted by Crippen LogP contribution is 2.14. The first kappa shape index (κ1) is 17.3. The second-order valence-electron chi connectivity index (χ2n) is 5.59. The van der Waals surface area contributed by atoms with E-state index in [2.05, 4.69) is 10.4 Å². The molecule has 0 aliphatic carbocycles. The molecule has 8 heteroatoms. The molecule has 0 spiro atoms. The van der Waals surface area contributed by atoms with E-state index >= 15 is 0 Å². The van der Waals surface area contributed by atoms with E-state index in [0.717, 1.165) is 12.1 Å². The van der Waals surface area contributed by atoms with Gasteiger partial charge in [0.1, 0.15) is 5.71 Å². The van der Waals surface area contributed by atoms with Gasteiger partial charge in [-0.25, -0.2) is 8.78 Å². The Labute approximate surface area is 147 Å². The average Bonchev–Trinajstić information content (AvgIpc) is 3.05. The third-order valence-corrected chi connectivity index (χ3v) is 3.68. The maximum absolute atomic E-state index is 13.2. The maximum atomic E-state index is 13.2. The summed E-state index contributed by atoms with van der Waals surface area (Å²) in [5, 5.41) is 14.6. The zero-order valence-corrected chi connectivity index (χ0v) is 13.5. The molecule has 1 heterocycles.